The second-order valence-electron chi connectivity index (χ2n) is 7.73. The number of rotatable bonds is 0. The summed E-state index contributed by atoms with van der Waals surface area (Å²) >= 11 is 0. The van der Waals surface area contributed by atoms with Crippen molar-refractivity contribution >= 4 is 0 Å². The van der Waals surface area contributed by atoms with E-state index in [9.17, 15) is 0 Å². The highest BCUT2D eigenvalue weighted by molar-refractivity contribution is 5.27. The van der Waals surface area contributed by atoms with E-state index in [1.54, 1.807) is 0 Å². The molecule has 0 aromatic heterocycles. The van der Waals surface area contributed by atoms with Gasteiger partial charge in [-0.05, 0) is 74.0 Å². The molecule has 7 rings (SSSR count). The fraction of sp³-hybridized carbons (Fsp3) is 1.00. The Morgan fingerprint density at radius 3 is 1.25 bits per heavy atom. The average Bonchev–Trinajstić information content (AvgIpc) is 2.24. The van der Waals surface area contributed by atoms with Gasteiger partial charge in [0.05, 0.1) is 0 Å². The first-order chi connectivity index (χ1) is 7.61. The van der Waals surface area contributed by atoms with Gasteiger partial charge in [-0.15, -0.1) is 0 Å². The van der Waals surface area contributed by atoms with Crippen LogP contribution in [-0.2, 0) is 0 Å². The van der Waals surface area contributed by atoms with Gasteiger partial charge in [-0.25, -0.2) is 0 Å². The minimum absolute atomic E-state index is 0.219. The third-order valence-corrected chi connectivity index (χ3v) is 7.37. The summed E-state index contributed by atoms with van der Waals surface area (Å²) in [4.78, 5) is 0. The van der Waals surface area contributed by atoms with E-state index >= 15 is 0 Å². The Morgan fingerprint density at radius 2 is 0.938 bits per heavy atom. The molecule has 2 heteroatoms. The molecular weight excluding hydrogens is 196 g/mol. The molecule has 2 nitrogen and oxygen atoms in total. The molecule has 0 spiro atoms. The summed E-state index contributed by atoms with van der Waals surface area (Å²) in [5, 5.41) is 0. The highest BCUT2D eigenvalue weighted by Crippen LogP contribution is 2.72. The van der Waals surface area contributed by atoms with Gasteiger partial charge in [0, 0.05) is 11.1 Å². The minimum atomic E-state index is 0.219. The lowest BCUT2D eigenvalue weighted by Crippen LogP contribution is -2.82. The second-order valence-corrected chi connectivity index (χ2v) is 7.73. The van der Waals surface area contributed by atoms with Gasteiger partial charge in [-0.3, -0.25) is 0 Å². The zero-order valence-electron chi connectivity index (χ0n) is 9.86. The Bertz CT molecular complexity index is 317. The summed E-state index contributed by atoms with van der Waals surface area (Å²) in [5.74, 6) is 5.04. The smallest absolute Gasteiger partial charge is 0.0221 e. The largest absolute Gasteiger partial charge is 0.325 e. The summed E-state index contributed by atoms with van der Waals surface area (Å²) in [7, 11) is 0. The summed E-state index contributed by atoms with van der Waals surface area (Å²) in [5.41, 5.74) is 14.2. The molecule has 0 aromatic carbocycles. The van der Waals surface area contributed by atoms with Crippen molar-refractivity contribution in [3.63, 3.8) is 0 Å². The lowest BCUT2D eigenvalue weighted by molar-refractivity contribution is -0.225. The van der Waals surface area contributed by atoms with Gasteiger partial charge in [0.15, 0.2) is 0 Å². The van der Waals surface area contributed by atoms with Crippen LogP contribution in [0, 0.1) is 35.5 Å². The standard InChI is InChI=1S/C14H22N2/c15-13-6-8-3-10-9(13)1-7-2-11(13)12(4-8)14(10,16)5-7/h7-12H,1-6,15-16H2/t7?,8?,9-,10-,11+,12+,13?,14?. The topological polar surface area (TPSA) is 52.0 Å². The maximum Gasteiger partial charge on any atom is 0.0221 e. The zero-order chi connectivity index (χ0) is 10.7. The number of hydrogen-bond donors (Lipinski definition) is 2. The molecular formula is C14H22N2. The average molecular weight is 218 g/mol. The van der Waals surface area contributed by atoms with E-state index in [0.29, 0.717) is 0 Å². The van der Waals surface area contributed by atoms with Crippen molar-refractivity contribution in [3.8, 4) is 0 Å². The Morgan fingerprint density at radius 1 is 0.625 bits per heavy atom. The van der Waals surface area contributed by atoms with Crippen LogP contribution in [0.25, 0.3) is 0 Å². The molecule has 88 valence electrons. The number of hydrogen-bond acceptors (Lipinski definition) is 2. The summed E-state index contributed by atoms with van der Waals surface area (Å²) in [6.07, 6.45) is 8.31. The van der Waals surface area contributed by atoms with E-state index < -0.39 is 0 Å². The van der Waals surface area contributed by atoms with Crippen LogP contribution in [0.15, 0.2) is 0 Å². The van der Waals surface area contributed by atoms with Crippen LogP contribution in [0.4, 0.5) is 0 Å². The van der Waals surface area contributed by atoms with Crippen molar-refractivity contribution in [1.29, 1.82) is 0 Å². The Balaban J connectivity index is 1.76. The van der Waals surface area contributed by atoms with Gasteiger partial charge in [-0.2, -0.15) is 0 Å². The van der Waals surface area contributed by atoms with Crippen LogP contribution in [0.1, 0.15) is 38.5 Å². The fourth-order valence-electron chi connectivity index (χ4n) is 7.15. The van der Waals surface area contributed by atoms with Gasteiger partial charge < -0.3 is 11.5 Å². The molecule has 0 aliphatic heterocycles. The van der Waals surface area contributed by atoms with Crippen LogP contribution >= 0.6 is 0 Å². The molecule has 8 bridgehead atoms. The van der Waals surface area contributed by atoms with Crippen LogP contribution in [0.3, 0.4) is 0 Å². The molecule has 7 aliphatic rings. The molecule has 16 heavy (non-hydrogen) atoms. The Kier molecular flexibility index (Phi) is 1.25. The summed E-state index contributed by atoms with van der Waals surface area (Å²) in [6, 6.07) is 0. The molecule has 0 amide bonds. The Hall–Kier alpha value is -0.0800. The van der Waals surface area contributed by atoms with E-state index in [1.807, 2.05) is 0 Å². The second kappa shape index (κ2) is 2.24. The van der Waals surface area contributed by atoms with Gasteiger partial charge in [0.2, 0.25) is 0 Å². The molecule has 7 fully saturated rings. The van der Waals surface area contributed by atoms with Crippen LogP contribution < -0.4 is 11.5 Å². The summed E-state index contributed by atoms with van der Waals surface area (Å²) in [6.45, 7) is 0. The van der Waals surface area contributed by atoms with E-state index in [1.165, 1.54) is 38.5 Å². The minimum Gasteiger partial charge on any atom is -0.325 e. The maximum atomic E-state index is 6.86. The van der Waals surface area contributed by atoms with Crippen molar-refractivity contribution in [3.05, 3.63) is 0 Å². The molecule has 7 aliphatic carbocycles. The monoisotopic (exact) mass is 218 g/mol. The third kappa shape index (κ3) is 0.693. The van der Waals surface area contributed by atoms with Crippen molar-refractivity contribution in [1.82, 2.24) is 0 Å². The fourth-order valence-corrected chi connectivity index (χ4v) is 7.15. The predicted molar refractivity (Wildman–Crippen MR) is 62.5 cm³/mol. The van der Waals surface area contributed by atoms with Crippen LogP contribution in [-0.4, -0.2) is 11.1 Å². The van der Waals surface area contributed by atoms with Crippen molar-refractivity contribution < 1.29 is 0 Å². The van der Waals surface area contributed by atoms with E-state index in [4.69, 9.17) is 11.5 Å². The first kappa shape index (κ1) is 8.93. The maximum absolute atomic E-state index is 6.86. The first-order valence-corrected chi connectivity index (χ1v) is 7.19. The predicted octanol–water partition coefficient (Wildman–Crippen LogP) is 1.49. The van der Waals surface area contributed by atoms with Gasteiger partial charge in [0.25, 0.3) is 0 Å². The normalized spacial score (nSPS) is 73.9. The molecule has 0 aromatic rings. The van der Waals surface area contributed by atoms with Crippen LogP contribution in [0.2, 0.25) is 0 Å². The van der Waals surface area contributed by atoms with E-state index in [0.717, 1.165) is 35.5 Å². The van der Waals surface area contributed by atoms with Gasteiger partial charge in [0.1, 0.15) is 0 Å². The van der Waals surface area contributed by atoms with Crippen molar-refractivity contribution in [2.75, 3.05) is 0 Å². The molecule has 0 saturated heterocycles. The molecule has 4 N–H and O–H groups in total. The third-order valence-electron chi connectivity index (χ3n) is 7.37. The lowest BCUT2D eigenvalue weighted by atomic mass is 9.31. The van der Waals surface area contributed by atoms with E-state index in [2.05, 4.69) is 0 Å². The van der Waals surface area contributed by atoms with Crippen LogP contribution in [0.5, 0.6) is 0 Å². The highest BCUT2D eigenvalue weighted by atomic mass is 15.0. The quantitative estimate of drug-likeness (QED) is 0.647. The molecule has 7 saturated carbocycles. The molecule has 8 atom stereocenters. The molecule has 0 radical (unpaired) electrons. The SMILES string of the molecule is NC12CC3C[C@@H]4[C@H]1CC1C[C@H]2[C@H](C3)C4(N)C1. The molecule has 0 heterocycles. The lowest BCUT2D eigenvalue weighted by Gasteiger charge is -2.76. The van der Waals surface area contributed by atoms with Crippen molar-refractivity contribution in [2.24, 2.45) is 47.0 Å². The summed E-state index contributed by atoms with van der Waals surface area (Å²) < 4.78 is 0. The van der Waals surface area contributed by atoms with Gasteiger partial charge >= 0.3 is 0 Å². The van der Waals surface area contributed by atoms with Gasteiger partial charge in [-0.1, -0.05) is 0 Å². The first-order valence-electron chi connectivity index (χ1n) is 7.19. The number of nitrogens with two attached hydrogens (primary N) is 2. The molecule has 4 unspecified atom stereocenters. The highest BCUT2D eigenvalue weighted by Gasteiger charge is 2.73. The zero-order valence-corrected chi connectivity index (χ0v) is 9.86. The van der Waals surface area contributed by atoms with Crippen molar-refractivity contribution in [2.45, 2.75) is 49.6 Å². The Labute approximate surface area is 97.1 Å². The van der Waals surface area contributed by atoms with E-state index in [-0.39, 0.29) is 11.1 Å².